The summed E-state index contributed by atoms with van der Waals surface area (Å²) in [4.78, 5) is 0. The molecule has 88 valence electrons. The molecule has 2 aromatic carbocycles. The van der Waals surface area contributed by atoms with Gasteiger partial charge in [0.25, 0.3) is 0 Å². The van der Waals surface area contributed by atoms with Crippen molar-refractivity contribution in [3.8, 4) is 6.07 Å². The molecule has 0 atom stereocenters. The minimum atomic E-state index is -0.317. The summed E-state index contributed by atoms with van der Waals surface area (Å²) in [5.74, 6) is -0.317. The first-order valence-corrected chi connectivity index (χ1v) is 5.70. The summed E-state index contributed by atoms with van der Waals surface area (Å²) >= 11 is 5.79. The van der Waals surface area contributed by atoms with E-state index in [0.29, 0.717) is 16.2 Å². The maximum atomic E-state index is 12.8. The lowest BCUT2D eigenvalue weighted by Crippen LogP contribution is -1.83. The van der Waals surface area contributed by atoms with Gasteiger partial charge in [-0.1, -0.05) is 35.9 Å². The van der Waals surface area contributed by atoms with E-state index in [9.17, 15) is 4.39 Å². The fraction of sp³-hybridized carbons (Fsp3) is 0. The van der Waals surface area contributed by atoms with Crippen molar-refractivity contribution in [2.75, 3.05) is 0 Å². The highest BCUT2D eigenvalue weighted by molar-refractivity contribution is 6.30. The van der Waals surface area contributed by atoms with E-state index in [2.05, 4.69) is 6.07 Å². The molecule has 0 aromatic heterocycles. The smallest absolute Gasteiger partial charge is 0.123 e. The van der Waals surface area contributed by atoms with Crippen molar-refractivity contribution < 1.29 is 4.39 Å². The summed E-state index contributed by atoms with van der Waals surface area (Å²) in [5, 5.41) is 9.77. The van der Waals surface area contributed by atoms with Crippen LogP contribution in [0.3, 0.4) is 0 Å². The number of nitriles is 1. The van der Waals surface area contributed by atoms with Crippen LogP contribution in [0, 0.1) is 17.1 Å². The quantitative estimate of drug-likeness (QED) is 0.572. The second-order valence-electron chi connectivity index (χ2n) is 3.73. The molecule has 0 aliphatic rings. The van der Waals surface area contributed by atoms with Crippen LogP contribution in [0.4, 0.5) is 4.39 Å². The lowest BCUT2D eigenvalue weighted by Gasteiger charge is -2.00. The fourth-order valence-electron chi connectivity index (χ4n) is 1.54. The van der Waals surface area contributed by atoms with Gasteiger partial charge in [0.2, 0.25) is 0 Å². The van der Waals surface area contributed by atoms with Crippen molar-refractivity contribution in [3.63, 3.8) is 0 Å². The summed E-state index contributed by atoms with van der Waals surface area (Å²) in [7, 11) is 0. The molecule has 0 fully saturated rings. The topological polar surface area (TPSA) is 23.8 Å². The first kappa shape index (κ1) is 12.3. The Morgan fingerprint density at radius 1 is 1.06 bits per heavy atom. The summed E-state index contributed by atoms with van der Waals surface area (Å²) in [6.07, 6.45) is 1.74. The Hall–Kier alpha value is -2.11. The molecule has 2 aromatic rings. The van der Waals surface area contributed by atoms with Crippen molar-refractivity contribution in [2.45, 2.75) is 0 Å². The van der Waals surface area contributed by atoms with Crippen molar-refractivity contribution in [1.29, 1.82) is 5.26 Å². The van der Waals surface area contributed by atoms with E-state index in [-0.39, 0.29) is 5.82 Å². The zero-order valence-corrected chi connectivity index (χ0v) is 10.2. The minimum absolute atomic E-state index is 0.317. The largest absolute Gasteiger partial charge is 0.207 e. The van der Waals surface area contributed by atoms with Gasteiger partial charge in [0, 0.05) is 5.02 Å². The molecular formula is C15H9ClFN. The van der Waals surface area contributed by atoms with Crippen LogP contribution in [0.25, 0.3) is 11.6 Å². The third-order valence-corrected chi connectivity index (χ3v) is 2.71. The molecule has 0 spiro atoms. The molecule has 0 aliphatic heterocycles. The van der Waals surface area contributed by atoms with Gasteiger partial charge in [-0.05, 0) is 41.5 Å². The second kappa shape index (κ2) is 5.48. The normalized spacial score (nSPS) is 11.1. The van der Waals surface area contributed by atoms with E-state index in [1.54, 1.807) is 30.3 Å². The third kappa shape index (κ3) is 2.97. The van der Waals surface area contributed by atoms with E-state index in [0.717, 1.165) is 5.56 Å². The van der Waals surface area contributed by atoms with Gasteiger partial charge >= 0.3 is 0 Å². The Bertz CT molecular complexity index is 606. The number of nitrogens with zero attached hydrogens (tertiary/aromatic N) is 1. The van der Waals surface area contributed by atoms with Crippen LogP contribution in [-0.4, -0.2) is 0 Å². The van der Waals surface area contributed by atoms with E-state index < -0.39 is 0 Å². The highest BCUT2D eigenvalue weighted by Gasteiger charge is 2.01. The first-order chi connectivity index (χ1) is 8.69. The predicted octanol–water partition coefficient (Wildman–Crippen LogP) is 4.54. The monoisotopic (exact) mass is 257 g/mol. The first-order valence-electron chi connectivity index (χ1n) is 5.32. The molecule has 3 heteroatoms. The Morgan fingerprint density at radius 2 is 1.67 bits per heavy atom. The maximum absolute atomic E-state index is 12.8. The van der Waals surface area contributed by atoms with Gasteiger partial charge < -0.3 is 0 Å². The van der Waals surface area contributed by atoms with Gasteiger partial charge in [0.15, 0.2) is 0 Å². The highest BCUT2D eigenvalue weighted by Crippen LogP contribution is 2.19. The van der Waals surface area contributed by atoms with Gasteiger partial charge in [-0.25, -0.2) is 4.39 Å². The van der Waals surface area contributed by atoms with Crippen LogP contribution >= 0.6 is 11.6 Å². The number of allylic oxidation sites excluding steroid dienone is 1. The lowest BCUT2D eigenvalue weighted by molar-refractivity contribution is 0.627. The number of hydrogen-bond donors (Lipinski definition) is 0. The highest BCUT2D eigenvalue weighted by atomic mass is 35.5. The van der Waals surface area contributed by atoms with E-state index in [1.165, 1.54) is 12.1 Å². The zero-order valence-electron chi connectivity index (χ0n) is 9.40. The average Bonchev–Trinajstić information content (AvgIpc) is 2.39. The lowest BCUT2D eigenvalue weighted by atomic mass is 10.0. The van der Waals surface area contributed by atoms with Crippen LogP contribution < -0.4 is 0 Å². The SMILES string of the molecule is N#C/C(=C\c1ccc(Cl)cc1)c1ccc(F)cc1. The zero-order chi connectivity index (χ0) is 13.0. The van der Waals surface area contributed by atoms with Crippen molar-refractivity contribution >= 4 is 23.3 Å². The predicted molar refractivity (Wildman–Crippen MR) is 71.3 cm³/mol. The Kier molecular flexibility index (Phi) is 3.76. The van der Waals surface area contributed by atoms with Crippen LogP contribution in [0.1, 0.15) is 11.1 Å². The molecule has 0 saturated carbocycles. The molecule has 18 heavy (non-hydrogen) atoms. The second-order valence-corrected chi connectivity index (χ2v) is 4.16. The summed E-state index contributed by atoms with van der Waals surface area (Å²) in [6.45, 7) is 0. The summed E-state index contributed by atoms with van der Waals surface area (Å²) in [6, 6.07) is 15.1. The van der Waals surface area contributed by atoms with Crippen LogP contribution in [-0.2, 0) is 0 Å². The molecule has 0 amide bonds. The Morgan fingerprint density at radius 3 is 2.22 bits per heavy atom. The van der Waals surface area contributed by atoms with Crippen molar-refractivity contribution in [3.05, 3.63) is 70.5 Å². The van der Waals surface area contributed by atoms with Crippen molar-refractivity contribution in [1.82, 2.24) is 0 Å². The van der Waals surface area contributed by atoms with Gasteiger partial charge in [-0.3, -0.25) is 0 Å². The molecule has 0 aliphatic carbocycles. The molecule has 0 saturated heterocycles. The van der Waals surface area contributed by atoms with Crippen LogP contribution in [0.2, 0.25) is 5.02 Å². The number of halogens is 2. The maximum Gasteiger partial charge on any atom is 0.123 e. The summed E-state index contributed by atoms with van der Waals surface area (Å²) in [5.41, 5.74) is 2.05. The molecule has 0 radical (unpaired) electrons. The van der Waals surface area contributed by atoms with Crippen LogP contribution in [0.15, 0.2) is 48.5 Å². The molecule has 0 bridgehead atoms. The Balaban J connectivity index is 2.37. The number of benzene rings is 2. The fourth-order valence-corrected chi connectivity index (χ4v) is 1.66. The third-order valence-electron chi connectivity index (χ3n) is 2.46. The summed E-state index contributed by atoms with van der Waals surface area (Å²) < 4.78 is 12.8. The van der Waals surface area contributed by atoms with E-state index in [1.807, 2.05) is 12.1 Å². The Labute approximate surface area is 110 Å². The van der Waals surface area contributed by atoms with Gasteiger partial charge in [0.1, 0.15) is 5.82 Å². The van der Waals surface area contributed by atoms with Crippen molar-refractivity contribution in [2.24, 2.45) is 0 Å². The number of hydrogen-bond acceptors (Lipinski definition) is 1. The van der Waals surface area contributed by atoms with E-state index >= 15 is 0 Å². The van der Waals surface area contributed by atoms with Gasteiger partial charge in [-0.2, -0.15) is 5.26 Å². The molecular weight excluding hydrogens is 249 g/mol. The molecule has 1 nitrogen and oxygen atoms in total. The van der Waals surface area contributed by atoms with Gasteiger partial charge in [0.05, 0.1) is 11.6 Å². The average molecular weight is 258 g/mol. The molecule has 2 rings (SSSR count). The molecule has 0 N–H and O–H groups in total. The number of rotatable bonds is 2. The standard InChI is InChI=1S/C15H9ClFN/c16-14-5-1-11(2-6-14)9-13(10-18)12-3-7-15(17)8-4-12/h1-9H/b13-9+. The molecule has 0 unspecified atom stereocenters. The van der Waals surface area contributed by atoms with E-state index in [4.69, 9.17) is 16.9 Å². The minimum Gasteiger partial charge on any atom is -0.207 e. The van der Waals surface area contributed by atoms with Crippen LogP contribution in [0.5, 0.6) is 0 Å². The molecule has 0 heterocycles. The van der Waals surface area contributed by atoms with Gasteiger partial charge in [-0.15, -0.1) is 0 Å².